The highest BCUT2D eigenvalue weighted by Crippen LogP contribution is 2.19. The van der Waals surface area contributed by atoms with Crippen LogP contribution in [0.4, 0.5) is 12.9 Å². The third-order valence-corrected chi connectivity index (χ3v) is 1.73. The largest absolute Gasteiger partial charge is 0.508 e. The molecule has 1 aromatic carbocycles. The average Bonchev–Trinajstić information content (AvgIpc) is 2.06. The third-order valence-electron chi connectivity index (χ3n) is 1.73. The SMILES string of the molecule is Cc1cc(/C=C/[B-](F)(F)F)ccc1O. The minimum absolute atomic E-state index is 0.0830. The normalized spacial score (nSPS) is 12.3. The number of hydrogen-bond donors (Lipinski definition) is 1. The molecule has 1 N–H and O–H groups in total. The fourth-order valence-corrected chi connectivity index (χ4v) is 1.00. The summed E-state index contributed by atoms with van der Waals surface area (Å²) in [6.45, 7) is -3.26. The van der Waals surface area contributed by atoms with Gasteiger partial charge in [0.2, 0.25) is 0 Å². The van der Waals surface area contributed by atoms with E-state index in [4.69, 9.17) is 5.11 Å². The summed E-state index contributed by atoms with van der Waals surface area (Å²) in [6, 6.07) is 4.30. The van der Waals surface area contributed by atoms with Crippen molar-refractivity contribution in [1.29, 1.82) is 0 Å². The van der Waals surface area contributed by atoms with Gasteiger partial charge < -0.3 is 18.1 Å². The molecule has 0 atom stereocenters. The Morgan fingerprint density at radius 2 is 1.93 bits per heavy atom. The van der Waals surface area contributed by atoms with E-state index < -0.39 is 6.98 Å². The molecule has 0 aliphatic heterocycles. The van der Waals surface area contributed by atoms with Crippen molar-refractivity contribution < 1.29 is 18.1 Å². The topological polar surface area (TPSA) is 20.2 Å². The van der Waals surface area contributed by atoms with Crippen molar-refractivity contribution in [3.8, 4) is 5.75 Å². The molecule has 0 saturated carbocycles. The van der Waals surface area contributed by atoms with Crippen molar-refractivity contribution in [3.05, 3.63) is 35.3 Å². The van der Waals surface area contributed by atoms with E-state index in [2.05, 4.69) is 0 Å². The Bertz CT molecular complexity index is 358. The molecule has 0 spiro atoms. The Kier molecular flexibility index (Phi) is 2.89. The first-order chi connectivity index (χ1) is 6.38. The quantitative estimate of drug-likeness (QED) is 0.728. The molecular formula is C9H9BF3O-. The number of aryl methyl sites for hydroxylation is 1. The van der Waals surface area contributed by atoms with Gasteiger partial charge in [0, 0.05) is 0 Å². The van der Waals surface area contributed by atoms with E-state index in [0.29, 0.717) is 11.1 Å². The average molecular weight is 201 g/mol. The number of halogens is 3. The first-order valence-electron chi connectivity index (χ1n) is 4.07. The molecule has 1 nitrogen and oxygen atoms in total. The maximum atomic E-state index is 11.8. The molecule has 1 rings (SSSR count). The monoisotopic (exact) mass is 201 g/mol. The van der Waals surface area contributed by atoms with Gasteiger partial charge in [-0.2, -0.15) is 0 Å². The second-order valence-corrected chi connectivity index (χ2v) is 3.03. The van der Waals surface area contributed by atoms with Crippen LogP contribution in [0.5, 0.6) is 5.75 Å². The van der Waals surface area contributed by atoms with Gasteiger partial charge in [0.25, 0.3) is 0 Å². The van der Waals surface area contributed by atoms with Gasteiger partial charge in [0.1, 0.15) is 5.75 Å². The van der Waals surface area contributed by atoms with Crippen molar-refractivity contribution in [2.45, 2.75) is 6.92 Å². The zero-order chi connectivity index (χ0) is 10.8. The molecule has 0 saturated heterocycles. The van der Waals surface area contributed by atoms with Gasteiger partial charge in [0.05, 0.1) is 0 Å². The lowest BCUT2D eigenvalue weighted by Crippen LogP contribution is -2.09. The van der Waals surface area contributed by atoms with Gasteiger partial charge in [-0.25, -0.2) is 0 Å². The van der Waals surface area contributed by atoms with E-state index in [1.165, 1.54) is 18.2 Å². The highest BCUT2D eigenvalue weighted by atomic mass is 19.4. The number of rotatable bonds is 2. The molecule has 0 aliphatic carbocycles. The summed E-state index contributed by atoms with van der Waals surface area (Å²) >= 11 is 0. The maximum absolute atomic E-state index is 11.8. The van der Waals surface area contributed by atoms with E-state index in [1.54, 1.807) is 6.92 Å². The molecule has 0 aliphatic rings. The van der Waals surface area contributed by atoms with Gasteiger partial charge in [-0.3, -0.25) is 0 Å². The minimum atomic E-state index is -4.89. The Morgan fingerprint density at radius 3 is 2.43 bits per heavy atom. The molecular weight excluding hydrogens is 192 g/mol. The summed E-state index contributed by atoms with van der Waals surface area (Å²) in [5, 5.41) is 9.13. The Labute approximate surface area is 79.9 Å². The van der Waals surface area contributed by atoms with Crippen LogP contribution < -0.4 is 0 Å². The van der Waals surface area contributed by atoms with Crippen LogP contribution in [0.3, 0.4) is 0 Å². The van der Waals surface area contributed by atoms with Gasteiger partial charge in [0.15, 0.2) is 0 Å². The molecule has 76 valence electrons. The summed E-state index contributed by atoms with van der Waals surface area (Å²) in [5.41, 5.74) is 0.987. The smallest absolute Gasteiger partial charge is 0.502 e. The van der Waals surface area contributed by atoms with Gasteiger partial charge in [-0.1, -0.05) is 12.1 Å². The van der Waals surface area contributed by atoms with Gasteiger partial charge in [-0.15, -0.1) is 5.98 Å². The van der Waals surface area contributed by atoms with E-state index in [1.807, 2.05) is 0 Å². The summed E-state index contributed by atoms with van der Waals surface area (Å²) in [5.74, 6) is 0.311. The molecule has 0 aromatic heterocycles. The summed E-state index contributed by atoms with van der Waals surface area (Å²) in [7, 11) is 0. The van der Waals surface area contributed by atoms with E-state index in [-0.39, 0.29) is 11.7 Å². The van der Waals surface area contributed by atoms with E-state index >= 15 is 0 Å². The number of phenolic OH excluding ortho intramolecular Hbond substituents is 1. The predicted molar refractivity (Wildman–Crippen MR) is 51.0 cm³/mol. The van der Waals surface area contributed by atoms with Crippen LogP contribution in [0.15, 0.2) is 24.2 Å². The molecule has 14 heavy (non-hydrogen) atoms. The van der Waals surface area contributed by atoms with Crippen molar-refractivity contribution in [1.82, 2.24) is 0 Å². The van der Waals surface area contributed by atoms with E-state index in [0.717, 1.165) is 6.08 Å². The van der Waals surface area contributed by atoms with E-state index in [9.17, 15) is 12.9 Å². The summed E-state index contributed by atoms with van der Waals surface area (Å²) in [4.78, 5) is 0. The Morgan fingerprint density at radius 1 is 1.29 bits per heavy atom. The number of aromatic hydroxyl groups is 1. The second-order valence-electron chi connectivity index (χ2n) is 3.03. The van der Waals surface area contributed by atoms with Crippen molar-refractivity contribution in [2.24, 2.45) is 0 Å². The maximum Gasteiger partial charge on any atom is 0.502 e. The molecule has 0 amide bonds. The lowest BCUT2D eigenvalue weighted by atomic mass is 9.90. The number of phenols is 1. The molecule has 0 fully saturated rings. The highest BCUT2D eigenvalue weighted by Gasteiger charge is 2.16. The van der Waals surface area contributed by atoms with Crippen molar-refractivity contribution in [3.63, 3.8) is 0 Å². The fourth-order valence-electron chi connectivity index (χ4n) is 1.00. The number of benzene rings is 1. The Balaban J connectivity index is 2.89. The van der Waals surface area contributed by atoms with Crippen LogP contribution in [0.2, 0.25) is 0 Å². The lowest BCUT2D eigenvalue weighted by molar-refractivity contribution is 0.471. The Hall–Kier alpha value is -1.39. The van der Waals surface area contributed by atoms with Gasteiger partial charge in [-0.05, 0) is 30.2 Å². The van der Waals surface area contributed by atoms with Crippen LogP contribution in [0.25, 0.3) is 6.08 Å². The fraction of sp³-hybridized carbons (Fsp3) is 0.111. The zero-order valence-electron chi connectivity index (χ0n) is 7.55. The van der Waals surface area contributed by atoms with Crippen LogP contribution in [-0.2, 0) is 0 Å². The molecule has 0 radical (unpaired) electrons. The molecule has 5 heteroatoms. The number of hydrogen-bond acceptors (Lipinski definition) is 1. The highest BCUT2D eigenvalue weighted by molar-refractivity contribution is 6.64. The third kappa shape index (κ3) is 3.16. The van der Waals surface area contributed by atoms with Crippen LogP contribution in [0, 0.1) is 6.92 Å². The molecule has 0 bridgehead atoms. The van der Waals surface area contributed by atoms with Gasteiger partial charge >= 0.3 is 6.98 Å². The molecule has 0 unspecified atom stereocenters. The zero-order valence-corrected chi connectivity index (χ0v) is 7.55. The molecule has 0 heterocycles. The second kappa shape index (κ2) is 3.78. The summed E-state index contributed by atoms with van der Waals surface area (Å²) < 4.78 is 35.5. The summed E-state index contributed by atoms with van der Waals surface area (Å²) in [6.07, 6.45) is 0.992. The predicted octanol–water partition coefficient (Wildman–Crippen LogP) is 3.10. The van der Waals surface area contributed by atoms with Crippen LogP contribution >= 0.6 is 0 Å². The van der Waals surface area contributed by atoms with Crippen LogP contribution in [0.1, 0.15) is 11.1 Å². The minimum Gasteiger partial charge on any atom is -0.508 e. The van der Waals surface area contributed by atoms with Crippen molar-refractivity contribution >= 4 is 13.1 Å². The van der Waals surface area contributed by atoms with Crippen molar-refractivity contribution in [2.75, 3.05) is 0 Å². The first-order valence-corrected chi connectivity index (χ1v) is 4.07. The van der Waals surface area contributed by atoms with Crippen LogP contribution in [-0.4, -0.2) is 12.1 Å². The first kappa shape index (κ1) is 10.7. The lowest BCUT2D eigenvalue weighted by Gasteiger charge is -2.06. The molecule has 1 aromatic rings. The standard InChI is InChI=1S/C9H9BF3O/c1-7-6-8(2-3-9(7)14)4-5-10(11,12)13/h2-6,14H,1H3/q-1/b5-4+.